The van der Waals surface area contributed by atoms with Crippen LogP contribution in [0.3, 0.4) is 0 Å². The van der Waals surface area contributed by atoms with Crippen LogP contribution < -0.4 is 5.32 Å². The third-order valence-electron chi connectivity index (χ3n) is 7.37. The summed E-state index contributed by atoms with van der Waals surface area (Å²) in [4.78, 5) is 54.9. The summed E-state index contributed by atoms with van der Waals surface area (Å²) in [6.07, 6.45) is 2.65. The van der Waals surface area contributed by atoms with Crippen molar-refractivity contribution in [1.82, 2.24) is 15.1 Å². The Morgan fingerprint density at radius 1 is 1.27 bits per heavy atom. The van der Waals surface area contributed by atoms with Crippen LogP contribution in [0.25, 0.3) is 0 Å². The predicted octanol–water partition coefficient (Wildman–Crippen LogP) is 3.09. The number of amides is 4. The number of imide groups is 1. The first-order valence-corrected chi connectivity index (χ1v) is 12.6. The molecule has 9 heteroatoms. The standard InChI is InChI=1S/C24H33N3O5S/c1-15(20(29)26-11-7-18-16(13-26)8-12-33-18)32-19(28)14-27-21(30)24(25-22(27)31)9-5-17(6-10-24)23(2,3)4/h8,12,15,17H,5-7,9-11,13-14H2,1-4H3,(H,25,31). The summed E-state index contributed by atoms with van der Waals surface area (Å²) < 4.78 is 5.33. The van der Waals surface area contributed by atoms with Gasteiger partial charge < -0.3 is 15.0 Å². The van der Waals surface area contributed by atoms with E-state index in [0.29, 0.717) is 31.8 Å². The van der Waals surface area contributed by atoms with E-state index in [2.05, 4.69) is 26.1 Å². The van der Waals surface area contributed by atoms with Crippen LogP contribution in [0.1, 0.15) is 63.8 Å². The van der Waals surface area contributed by atoms with Crippen LogP contribution in [0.4, 0.5) is 4.79 Å². The molecule has 1 aromatic heterocycles. The Labute approximate surface area is 198 Å². The van der Waals surface area contributed by atoms with Crippen molar-refractivity contribution < 1.29 is 23.9 Å². The van der Waals surface area contributed by atoms with E-state index in [9.17, 15) is 19.2 Å². The van der Waals surface area contributed by atoms with Gasteiger partial charge in [0.25, 0.3) is 11.8 Å². The molecular formula is C24H33N3O5S. The number of ether oxygens (including phenoxy) is 1. The van der Waals surface area contributed by atoms with Crippen molar-refractivity contribution in [3.05, 3.63) is 21.9 Å². The first kappa shape index (κ1) is 23.7. The minimum absolute atomic E-state index is 0.152. The summed E-state index contributed by atoms with van der Waals surface area (Å²) in [7, 11) is 0. The predicted molar refractivity (Wildman–Crippen MR) is 123 cm³/mol. The monoisotopic (exact) mass is 475 g/mol. The van der Waals surface area contributed by atoms with Crippen LogP contribution in [0.2, 0.25) is 0 Å². The number of fused-ring (bicyclic) bond motifs is 1. The number of hydrogen-bond acceptors (Lipinski definition) is 6. The van der Waals surface area contributed by atoms with Gasteiger partial charge in [-0.25, -0.2) is 4.79 Å². The highest BCUT2D eigenvalue weighted by atomic mass is 32.1. The lowest BCUT2D eigenvalue weighted by atomic mass is 9.67. The van der Waals surface area contributed by atoms with Crippen molar-refractivity contribution in [3.8, 4) is 0 Å². The Morgan fingerprint density at radius 3 is 2.64 bits per heavy atom. The number of urea groups is 1. The zero-order chi connectivity index (χ0) is 24.0. The van der Waals surface area contributed by atoms with Gasteiger partial charge in [-0.05, 0) is 67.4 Å². The van der Waals surface area contributed by atoms with E-state index in [1.807, 2.05) is 11.4 Å². The zero-order valence-corrected chi connectivity index (χ0v) is 20.6. The van der Waals surface area contributed by atoms with Crippen molar-refractivity contribution in [2.24, 2.45) is 11.3 Å². The van der Waals surface area contributed by atoms with Gasteiger partial charge in [-0.3, -0.25) is 19.3 Å². The van der Waals surface area contributed by atoms with Crippen LogP contribution in [-0.2, 0) is 32.1 Å². The SMILES string of the molecule is CC(OC(=O)CN1C(=O)NC2(CCC(C(C)(C)C)CC2)C1=O)C(=O)N1CCc2sccc2C1. The number of carbonyl (C=O) groups excluding carboxylic acids is 4. The number of thiophene rings is 1. The molecule has 1 atom stereocenters. The van der Waals surface area contributed by atoms with Gasteiger partial charge in [0.15, 0.2) is 6.10 Å². The Bertz CT molecular complexity index is 958. The second kappa shape index (κ2) is 8.74. The summed E-state index contributed by atoms with van der Waals surface area (Å²) in [6.45, 7) is 8.71. The first-order chi connectivity index (χ1) is 15.5. The van der Waals surface area contributed by atoms with Gasteiger partial charge >= 0.3 is 12.0 Å². The van der Waals surface area contributed by atoms with Gasteiger partial charge in [-0.1, -0.05) is 20.8 Å². The van der Waals surface area contributed by atoms with Crippen LogP contribution in [0.5, 0.6) is 0 Å². The number of esters is 1. The molecule has 0 radical (unpaired) electrons. The van der Waals surface area contributed by atoms with E-state index < -0.39 is 30.2 Å². The fraction of sp³-hybridized carbons (Fsp3) is 0.667. The number of rotatable bonds is 4. The van der Waals surface area contributed by atoms with E-state index in [-0.39, 0.29) is 17.2 Å². The van der Waals surface area contributed by atoms with Crippen molar-refractivity contribution in [1.29, 1.82) is 0 Å². The molecule has 1 N–H and O–H groups in total. The fourth-order valence-corrected chi connectivity index (χ4v) is 6.13. The minimum Gasteiger partial charge on any atom is -0.451 e. The third kappa shape index (κ3) is 4.65. The normalized spacial score (nSPS) is 26.2. The zero-order valence-electron chi connectivity index (χ0n) is 19.8. The van der Waals surface area contributed by atoms with Crippen LogP contribution in [0, 0.1) is 11.3 Å². The molecule has 1 unspecified atom stereocenters. The third-order valence-corrected chi connectivity index (χ3v) is 8.40. The summed E-state index contributed by atoms with van der Waals surface area (Å²) in [5.41, 5.74) is 0.356. The van der Waals surface area contributed by atoms with Gasteiger partial charge in [0, 0.05) is 18.0 Å². The largest absolute Gasteiger partial charge is 0.451 e. The number of nitrogens with zero attached hydrogens (tertiary/aromatic N) is 2. The van der Waals surface area contributed by atoms with Crippen molar-refractivity contribution in [2.75, 3.05) is 13.1 Å². The van der Waals surface area contributed by atoms with Crippen molar-refractivity contribution in [2.45, 2.75) is 78.0 Å². The highest BCUT2D eigenvalue weighted by Gasteiger charge is 2.53. The molecule has 1 spiro atoms. The quantitative estimate of drug-likeness (QED) is 0.533. The Balaban J connectivity index is 1.32. The van der Waals surface area contributed by atoms with Crippen LogP contribution in [0.15, 0.2) is 11.4 Å². The number of hydrogen-bond donors (Lipinski definition) is 1. The Hall–Kier alpha value is -2.42. The summed E-state index contributed by atoms with van der Waals surface area (Å²) in [5.74, 6) is -0.905. The topological polar surface area (TPSA) is 96.0 Å². The van der Waals surface area contributed by atoms with Crippen molar-refractivity contribution in [3.63, 3.8) is 0 Å². The second-order valence-electron chi connectivity index (χ2n) is 10.6. The lowest BCUT2D eigenvalue weighted by Gasteiger charge is -2.40. The maximum absolute atomic E-state index is 13.1. The molecule has 8 nitrogen and oxygen atoms in total. The summed E-state index contributed by atoms with van der Waals surface area (Å²) in [5, 5.41) is 4.85. The Kier molecular flexibility index (Phi) is 6.28. The number of nitrogens with one attached hydrogen (secondary N) is 1. The molecule has 180 valence electrons. The molecule has 1 aliphatic carbocycles. The maximum atomic E-state index is 13.1. The maximum Gasteiger partial charge on any atom is 0.327 e. The molecule has 1 saturated carbocycles. The van der Waals surface area contributed by atoms with E-state index in [0.717, 1.165) is 29.7 Å². The van der Waals surface area contributed by atoms with Gasteiger partial charge in [-0.15, -0.1) is 11.3 Å². The number of carbonyl (C=O) groups is 4. The lowest BCUT2D eigenvalue weighted by molar-refractivity contribution is -0.160. The molecule has 4 amide bonds. The molecular weight excluding hydrogens is 442 g/mol. The molecule has 1 aromatic rings. The van der Waals surface area contributed by atoms with E-state index >= 15 is 0 Å². The molecule has 2 fully saturated rings. The Morgan fingerprint density at radius 2 is 1.97 bits per heavy atom. The van der Waals surface area contributed by atoms with E-state index in [1.54, 1.807) is 16.2 Å². The van der Waals surface area contributed by atoms with Crippen molar-refractivity contribution >= 4 is 35.2 Å². The highest BCUT2D eigenvalue weighted by molar-refractivity contribution is 7.10. The molecule has 1 saturated heterocycles. The van der Waals surface area contributed by atoms with E-state index in [1.165, 1.54) is 11.8 Å². The summed E-state index contributed by atoms with van der Waals surface area (Å²) >= 11 is 1.69. The van der Waals surface area contributed by atoms with Gasteiger partial charge in [0.1, 0.15) is 12.1 Å². The van der Waals surface area contributed by atoms with Gasteiger partial charge in [0.2, 0.25) is 0 Å². The lowest BCUT2D eigenvalue weighted by Crippen LogP contribution is -2.51. The molecule has 3 aliphatic rings. The fourth-order valence-electron chi connectivity index (χ4n) is 5.24. The van der Waals surface area contributed by atoms with Gasteiger partial charge in [-0.2, -0.15) is 0 Å². The average molecular weight is 476 g/mol. The van der Waals surface area contributed by atoms with E-state index in [4.69, 9.17) is 4.74 Å². The smallest absolute Gasteiger partial charge is 0.327 e. The highest BCUT2D eigenvalue weighted by Crippen LogP contribution is 2.43. The first-order valence-electron chi connectivity index (χ1n) is 11.7. The average Bonchev–Trinajstić information content (AvgIpc) is 3.31. The molecule has 4 rings (SSSR count). The minimum atomic E-state index is -0.977. The molecule has 3 heterocycles. The van der Waals surface area contributed by atoms with Gasteiger partial charge in [0.05, 0.1) is 0 Å². The van der Waals surface area contributed by atoms with Crippen LogP contribution >= 0.6 is 11.3 Å². The molecule has 0 aromatic carbocycles. The molecule has 33 heavy (non-hydrogen) atoms. The van der Waals surface area contributed by atoms with Crippen LogP contribution in [-0.4, -0.2) is 58.3 Å². The second-order valence-corrected chi connectivity index (χ2v) is 11.6. The molecule has 2 aliphatic heterocycles. The molecule has 0 bridgehead atoms. The summed E-state index contributed by atoms with van der Waals surface area (Å²) in [6, 6.07) is 1.45.